The smallest absolute Gasteiger partial charge is 0.410 e. The van der Waals surface area contributed by atoms with E-state index in [4.69, 9.17) is 4.74 Å². The minimum atomic E-state index is -3.97. The molecule has 0 radical (unpaired) electrons. The van der Waals surface area contributed by atoms with Gasteiger partial charge in [0, 0.05) is 49.5 Å². The molecule has 0 spiro atoms. The summed E-state index contributed by atoms with van der Waals surface area (Å²) < 4.78 is 34.5. The number of halogens is 1. The molecular formula is C25H33IN4O5S. The van der Waals surface area contributed by atoms with E-state index in [2.05, 4.69) is 27.9 Å². The highest BCUT2D eigenvalue weighted by Gasteiger charge is 2.42. The number of sulfonamides is 1. The molecule has 1 unspecified atom stereocenters. The molecule has 1 atom stereocenters. The largest absolute Gasteiger partial charge is 0.444 e. The monoisotopic (exact) mass is 628 g/mol. The Balaban J connectivity index is 1.83. The summed E-state index contributed by atoms with van der Waals surface area (Å²) in [5.74, 6) is -0.478. The zero-order chi connectivity index (χ0) is 26.7. The highest BCUT2D eigenvalue weighted by molar-refractivity contribution is 14.1. The molecule has 1 aliphatic heterocycles. The van der Waals surface area contributed by atoms with Crippen molar-refractivity contribution in [2.75, 3.05) is 38.6 Å². The average Bonchev–Trinajstić information content (AvgIpc) is 2.81. The molecule has 11 heteroatoms. The van der Waals surface area contributed by atoms with Gasteiger partial charge >= 0.3 is 6.09 Å². The molecule has 9 nitrogen and oxygen atoms in total. The summed E-state index contributed by atoms with van der Waals surface area (Å²) in [4.78, 5) is 29.5. The molecule has 1 N–H and O–H groups in total. The molecule has 2 aromatic carbocycles. The van der Waals surface area contributed by atoms with E-state index in [1.165, 1.54) is 21.3 Å². The van der Waals surface area contributed by atoms with E-state index in [0.29, 0.717) is 0 Å². The van der Waals surface area contributed by atoms with E-state index >= 15 is 0 Å². The molecule has 0 aromatic heterocycles. The third-order valence-corrected chi connectivity index (χ3v) is 8.27. The molecule has 0 bridgehead atoms. The predicted molar refractivity (Wildman–Crippen MR) is 147 cm³/mol. The maximum atomic E-state index is 13.5. The maximum Gasteiger partial charge on any atom is 0.410 e. The van der Waals surface area contributed by atoms with Crippen LogP contribution in [-0.4, -0.2) is 75.0 Å². The number of piperazine rings is 1. The van der Waals surface area contributed by atoms with Crippen molar-refractivity contribution in [3.63, 3.8) is 0 Å². The fraction of sp³-hybridized carbons (Fsp3) is 0.440. The fourth-order valence-electron chi connectivity index (χ4n) is 3.72. The van der Waals surface area contributed by atoms with Crippen molar-refractivity contribution in [2.24, 2.45) is 0 Å². The van der Waals surface area contributed by atoms with Crippen molar-refractivity contribution in [3.05, 3.63) is 57.7 Å². The van der Waals surface area contributed by atoms with Crippen LogP contribution in [0.3, 0.4) is 0 Å². The first kappa shape index (κ1) is 28.2. The summed E-state index contributed by atoms with van der Waals surface area (Å²) in [5.41, 5.74) is 1.19. The van der Waals surface area contributed by atoms with E-state index in [1.54, 1.807) is 32.9 Å². The maximum absolute atomic E-state index is 13.5. The number of nitrogens with zero attached hydrogens (tertiary/aromatic N) is 3. The molecule has 196 valence electrons. The lowest BCUT2D eigenvalue weighted by atomic mass is 10.1. The number of carbonyl (C=O) groups excluding carboxylic acids is 2. The minimum absolute atomic E-state index is 0.0246. The van der Waals surface area contributed by atoms with Gasteiger partial charge in [-0.3, -0.25) is 4.79 Å². The van der Waals surface area contributed by atoms with Gasteiger partial charge in [-0.05, 0) is 85.3 Å². The Hall–Kier alpha value is -2.38. The number of hydrogen-bond acceptors (Lipinski definition) is 6. The van der Waals surface area contributed by atoms with Gasteiger partial charge in [0.15, 0.2) is 0 Å². The molecule has 0 aliphatic carbocycles. The van der Waals surface area contributed by atoms with Crippen LogP contribution in [0.15, 0.2) is 53.4 Å². The van der Waals surface area contributed by atoms with E-state index in [-0.39, 0.29) is 31.1 Å². The summed E-state index contributed by atoms with van der Waals surface area (Å²) in [5, 5.41) is 2.85. The number of nitrogens with one attached hydrogen (secondary N) is 1. The molecule has 0 saturated carbocycles. The Kier molecular flexibility index (Phi) is 8.88. The van der Waals surface area contributed by atoms with E-state index in [1.807, 2.05) is 43.3 Å². The highest BCUT2D eigenvalue weighted by Crippen LogP contribution is 2.24. The van der Waals surface area contributed by atoms with Crippen LogP contribution in [0.2, 0.25) is 0 Å². The van der Waals surface area contributed by atoms with Crippen molar-refractivity contribution < 1.29 is 22.7 Å². The molecule has 1 saturated heterocycles. The predicted octanol–water partition coefficient (Wildman–Crippen LogP) is 3.28. The third-order valence-electron chi connectivity index (χ3n) is 5.63. The van der Waals surface area contributed by atoms with Gasteiger partial charge in [0.25, 0.3) is 0 Å². The van der Waals surface area contributed by atoms with Crippen molar-refractivity contribution in [1.29, 1.82) is 0 Å². The second-order valence-corrected chi connectivity index (χ2v) is 12.9. The van der Waals surface area contributed by atoms with Crippen molar-refractivity contribution >= 4 is 50.3 Å². The van der Waals surface area contributed by atoms with Gasteiger partial charge < -0.3 is 19.9 Å². The van der Waals surface area contributed by atoms with Crippen molar-refractivity contribution in [2.45, 2.75) is 43.9 Å². The zero-order valence-corrected chi connectivity index (χ0v) is 24.2. The first-order chi connectivity index (χ1) is 16.8. The van der Waals surface area contributed by atoms with Crippen molar-refractivity contribution in [1.82, 2.24) is 14.5 Å². The van der Waals surface area contributed by atoms with Crippen LogP contribution >= 0.6 is 22.6 Å². The normalized spacial score (nSPS) is 16.9. The van der Waals surface area contributed by atoms with Crippen LogP contribution in [0.1, 0.15) is 26.3 Å². The van der Waals surface area contributed by atoms with Crippen LogP contribution in [0, 0.1) is 3.57 Å². The van der Waals surface area contributed by atoms with Gasteiger partial charge in [-0.1, -0.05) is 12.1 Å². The van der Waals surface area contributed by atoms with E-state index < -0.39 is 33.7 Å². The lowest BCUT2D eigenvalue weighted by molar-refractivity contribution is -0.126. The van der Waals surface area contributed by atoms with Crippen LogP contribution in [-0.2, 0) is 26.1 Å². The molecule has 3 rings (SSSR count). The molecule has 1 fully saturated rings. The Morgan fingerprint density at radius 3 is 2.22 bits per heavy atom. The quantitative estimate of drug-likeness (QED) is 0.494. The number of anilines is 1. The lowest BCUT2D eigenvalue weighted by Gasteiger charge is -2.39. The number of benzene rings is 2. The molecule has 1 heterocycles. The van der Waals surface area contributed by atoms with Gasteiger partial charge in [-0.2, -0.15) is 4.31 Å². The molecule has 2 aromatic rings. The lowest BCUT2D eigenvalue weighted by Crippen LogP contribution is -2.61. The summed E-state index contributed by atoms with van der Waals surface area (Å²) in [6, 6.07) is 13.1. The fourth-order valence-corrected chi connectivity index (χ4v) is 5.65. The Morgan fingerprint density at radius 1 is 1.06 bits per heavy atom. The average molecular weight is 629 g/mol. The topological polar surface area (TPSA) is 99.3 Å². The Labute approximate surface area is 227 Å². The van der Waals surface area contributed by atoms with Crippen LogP contribution in [0.5, 0.6) is 0 Å². The van der Waals surface area contributed by atoms with Gasteiger partial charge in [0.1, 0.15) is 11.6 Å². The second-order valence-electron chi connectivity index (χ2n) is 9.79. The standard InChI is InChI=1S/C25H33IN4O5S/c1-25(2,3)35-24(32)29-14-15-30(36(33,34)21-12-8-19(26)9-13-21)22(17-29)23(31)27-16-18-6-10-20(11-7-18)28(4)5/h6-13,22H,14-17H2,1-5H3,(H,27,31). The summed E-state index contributed by atoms with van der Waals surface area (Å²) in [6.45, 7) is 5.49. The van der Waals surface area contributed by atoms with Crippen molar-refractivity contribution in [3.8, 4) is 0 Å². The molecular weight excluding hydrogens is 595 g/mol. The third kappa shape index (κ3) is 7.10. The van der Waals surface area contributed by atoms with Crippen LogP contribution in [0.4, 0.5) is 10.5 Å². The highest BCUT2D eigenvalue weighted by atomic mass is 127. The molecule has 2 amide bonds. The number of hydrogen-bond donors (Lipinski definition) is 1. The first-order valence-corrected chi connectivity index (χ1v) is 14.1. The first-order valence-electron chi connectivity index (χ1n) is 11.6. The number of carbonyl (C=O) groups is 2. The van der Waals surface area contributed by atoms with Gasteiger partial charge in [0.05, 0.1) is 4.90 Å². The summed E-state index contributed by atoms with van der Waals surface area (Å²) in [7, 11) is -0.0837. The number of rotatable bonds is 6. The van der Waals surface area contributed by atoms with E-state index in [9.17, 15) is 18.0 Å². The number of ether oxygens (including phenoxy) is 1. The molecule has 36 heavy (non-hydrogen) atoms. The SMILES string of the molecule is CN(C)c1ccc(CNC(=O)C2CN(C(=O)OC(C)(C)C)CCN2S(=O)(=O)c2ccc(I)cc2)cc1. The molecule has 1 aliphatic rings. The van der Waals surface area contributed by atoms with Gasteiger partial charge in [-0.25, -0.2) is 13.2 Å². The number of amides is 2. The van der Waals surface area contributed by atoms with E-state index in [0.717, 1.165) is 14.8 Å². The van der Waals surface area contributed by atoms with Crippen LogP contribution in [0.25, 0.3) is 0 Å². The van der Waals surface area contributed by atoms with Gasteiger partial charge in [0.2, 0.25) is 15.9 Å². The second kappa shape index (κ2) is 11.3. The minimum Gasteiger partial charge on any atom is -0.444 e. The van der Waals surface area contributed by atoms with Gasteiger partial charge in [-0.15, -0.1) is 0 Å². The summed E-state index contributed by atoms with van der Waals surface area (Å²) >= 11 is 2.10. The Morgan fingerprint density at radius 2 is 1.67 bits per heavy atom. The zero-order valence-electron chi connectivity index (χ0n) is 21.2. The summed E-state index contributed by atoms with van der Waals surface area (Å²) in [6.07, 6.45) is -0.578. The Bertz CT molecular complexity index is 1180. The van der Waals surface area contributed by atoms with Crippen LogP contribution < -0.4 is 10.2 Å².